The number of aromatic nitrogens is 3. The van der Waals surface area contributed by atoms with E-state index < -0.39 is 0 Å². The molecule has 0 saturated heterocycles. The molecular formula is C20H23N3. The molecule has 0 unspecified atom stereocenters. The Labute approximate surface area is 137 Å². The maximum absolute atomic E-state index is 4.89. The summed E-state index contributed by atoms with van der Waals surface area (Å²) in [6.07, 6.45) is 4.64. The Kier molecular flexibility index (Phi) is 4.65. The summed E-state index contributed by atoms with van der Waals surface area (Å²) in [5.41, 5.74) is 5.24. The number of unbranched alkanes of at least 4 members (excludes halogenated alkanes) is 2. The number of para-hydroxylation sites is 1. The zero-order valence-corrected chi connectivity index (χ0v) is 14.1. The Hall–Kier alpha value is -2.29. The molecule has 3 aromatic rings. The molecule has 0 aliphatic heterocycles. The van der Waals surface area contributed by atoms with Gasteiger partial charge in [-0.1, -0.05) is 38.0 Å². The molecule has 3 nitrogen and oxygen atoms in total. The van der Waals surface area contributed by atoms with E-state index in [1.165, 1.54) is 24.6 Å². The fourth-order valence-corrected chi connectivity index (χ4v) is 2.97. The van der Waals surface area contributed by atoms with Gasteiger partial charge in [0.25, 0.3) is 0 Å². The van der Waals surface area contributed by atoms with Crippen LogP contribution in [0.15, 0.2) is 36.4 Å². The Morgan fingerprint density at radius 1 is 0.870 bits per heavy atom. The zero-order valence-electron chi connectivity index (χ0n) is 14.1. The highest BCUT2D eigenvalue weighted by Gasteiger charge is 2.10. The minimum Gasteiger partial charge on any atom is -0.258 e. The second-order valence-corrected chi connectivity index (χ2v) is 6.11. The van der Waals surface area contributed by atoms with Gasteiger partial charge in [-0.05, 0) is 44.9 Å². The van der Waals surface area contributed by atoms with Gasteiger partial charge in [0.2, 0.25) is 0 Å². The quantitative estimate of drug-likeness (QED) is 0.620. The molecule has 3 rings (SSSR count). The van der Waals surface area contributed by atoms with E-state index in [0.29, 0.717) is 0 Å². The van der Waals surface area contributed by atoms with Gasteiger partial charge in [-0.15, -0.1) is 0 Å². The summed E-state index contributed by atoms with van der Waals surface area (Å²) in [5, 5.41) is 1.18. The van der Waals surface area contributed by atoms with Crippen molar-refractivity contribution in [1.29, 1.82) is 0 Å². The highest BCUT2D eigenvalue weighted by molar-refractivity contribution is 5.82. The fraction of sp³-hybridized carbons (Fsp3) is 0.350. The van der Waals surface area contributed by atoms with E-state index in [1.807, 2.05) is 19.9 Å². The fourth-order valence-electron chi connectivity index (χ4n) is 2.97. The molecule has 1 aromatic carbocycles. The molecule has 0 radical (unpaired) electrons. The van der Waals surface area contributed by atoms with Crippen LogP contribution in [0.25, 0.3) is 22.3 Å². The Bertz CT molecular complexity index is 804. The highest BCUT2D eigenvalue weighted by Crippen LogP contribution is 2.23. The minimum absolute atomic E-state index is 0.809. The van der Waals surface area contributed by atoms with Gasteiger partial charge >= 0.3 is 0 Å². The summed E-state index contributed by atoms with van der Waals surface area (Å²) in [4.78, 5) is 14.1. The molecule has 2 heterocycles. The summed E-state index contributed by atoms with van der Waals surface area (Å²) < 4.78 is 0. The Morgan fingerprint density at radius 2 is 1.61 bits per heavy atom. The van der Waals surface area contributed by atoms with Crippen molar-refractivity contribution >= 4 is 10.9 Å². The first-order chi connectivity index (χ1) is 11.2. The van der Waals surface area contributed by atoms with Crippen LogP contribution in [0.2, 0.25) is 0 Å². The summed E-state index contributed by atoms with van der Waals surface area (Å²) in [6, 6.07) is 12.4. The van der Waals surface area contributed by atoms with Gasteiger partial charge in [0.1, 0.15) is 0 Å². The third kappa shape index (κ3) is 3.55. The number of rotatable bonds is 5. The van der Waals surface area contributed by atoms with Crippen molar-refractivity contribution in [2.75, 3.05) is 0 Å². The first-order valence-corrected chi connectivity index (χ1v) is 8.38. The second-order valence-electron chi connectivity index (χ2n) is 6.11. The Balaban J connectivity index is 2.10. The van der Waals surface area contributed by atoms with Crippen LogP contribution < -0.4 is 0 Å². The lowest BCUT2D eigenvalue weighted by Crippen LogP contribution is -1.99. The van der Waals surface area contributed by atoms with Crippen LogP contribution in [0.3, 0.4) is 0 Å². The first-order valence-electron chi connectivity index (χ1n) is 8.38. The summed E-state index contributed by atoms with van der Waals surface area (Å²) >= 11 is 0. The predicted octanol–water partition coefficient (Wildman–Crippen LogP) is 5.04. The lowest BCUT2D eigenvalue weighted by molar-refractivity contribution is 0.710. The number of pyridine rings is 1. The van der Waals surface area contributed by atoms with E-state index >= 15 is 0 Å². The number of nitrogens with zero attached hydrogens (tertiary/aromatic N) is 3. The maximum atomic E-state index is 4.89. The molecule has 0 bridgehead atoms. The lowest BCUT2D eigenvalue weighted by atomic mass is 10.1. The molecule has 0 spiro atoms. The standard InChI is InChI=1S/C20H23N3/c1-4-5-6-10-18-17-9-7-8-11-19(17)23-20(22-18)16-12-14(2)21-15(3)13-16/h7-9,11-13H,4-6,10H2,1-3H3. The largest absolute Gasteiger partial charge is 0.258 e. The molecule has 0 atom stereocenters. The van der Waals surface area contributed by atoms with E-state index in [1.54, 1.807) is 0 Å². The minimum atomic E-state index is 0.809. The predicted molar refractivity (Wildman–Crippen MR) is 95.5 cm³/mol. The number of aryl methyl sites for hydroxylation is 3. The smallest absolute Gasteiger partial charge is 0.160 e. The van der Waals surface area contributed by atoms with Crippen LogP contribution in [0.1, 0.15) is 43.3 Å². The number of hydrogen-bond donors (Lipinski definition) is 0. The van der Waals surface area contributed by atoms with Crippen molar-refractivity contribution in [1.82, 2.24) is 15.0 Å². The molecule has 118 valence electrons. The number of benzene rings is 1. The van der Waals surface area contributed by atoms with Gasteiger partial charge in [-0.25, -0.2) is 9.97 Å². The van der Waals surface area contributed by atoms with Gasteiger partial charge in [0, 0.05) is 22.3 Å². The SMILES string of the molecule is CCCCCc1nc(-c2cc(C)nc(C)c2)nc2ccccc12. The average molecular weight is 305 g/mol. The summed E-state index contributed by atoms with van der Waals surface area (Å²) in [6.45, 7) is 6.26. The zero-order chi connectivity index (χ0) is 16.2. The van der Waals surface area contributed by atoms with E-state index in [2.05, 4.69) is 42.2 Å². The van der Waals surface area contributed by atoms with E-state index in [0.717, 1.165) is 40.4 Å². The van der Waals surface area contributed by atoms with Gasteiger partial charge in [0.05, 0.1) is 11.2 Å². The summed E-state index contributed by atoms with van der Waals surface area (Å²) in [7, 11) is 0. The van der Waals surface area contributed by atoms with E-state index in [9.17, 15) is 0 Å². The van der Waals surface area contributed by atoms with Crippen LogP contribution in [0.5, 0.6) is 0 Å². The van der Waals surface area contributed by atoms with Gasteiger partial charge in [-0.3, -0.25) is 4.98 Å². The van der Waals surface area contributed by atoms with E-state index in [4.69, 9.17) is 9.97 Å². The van der Waals surface area contributed by atoms with Crippen LogP contribution >= 0.6 is 0 Å². The van der Waals surface area contributed by atoms with Gasteiger partial charge < -0.3 is 0 Å². The van der Waals surface area contributed by atoms with Crippen LogP contribution in [0, 0.1) is 13.8 Å². The first kappa shape index (κ1) is 15.6. The third-order valence-electron chi connectivity index (χ3n) is 4.04. The summed E-state index contributed by atoms with van der Waals surface area (Å²) in [5.74, 6) is 0.809. The molecule has 0 amide bonds. The van der Waals surface area contributed by atoms with Crippen molar-refractivity contribution in [3.05, 3.63) is 53.5 Å². The second kappa shape index (κ2) is 6.86. The lowest BCUT2D eigenvalue weighted by Gasteiger charge is -2.09. The monoisotopic (exact) mass is 305 g/mol. The topological polar surface area (TPSA) is 38.7 Å². The molecule has 0 aliphatic carbocycles. The van der Waals surface area contributed by atoms with Crippen LogP contribution in [-0.4, -0.2) is 15.0 Å². The molecule has 0 aliphatic rings. The van der Waals surface area contributed by atoms with Crippen molar-refractivity contribution in [2.45, 2.75) is 46.5 Å². The highest BCUT2D eigenvalue weighted by atomic mass is 14.9. The van der Waals surface area contributed by atoms with Gasteiger partial charge in [0.15, 0.2) is 5.82 Å². The third-order valence-corrected chi connectivity index (χ3v) is 4.04. The van der Waals surface area contributed by atoms with Crippen molar-refractivity contribution in [2.24, 2.45) is 0 Å². The molecule has 23 heavy (non-hydrogen) atoms. The van der Waals surface area contributed by atoms with Crippen molar-refractivity contribution in [3.63, 3.8) is 0 Å². The normalized spacial score (nSPS) is 11.1. The average Bonchev–Trinajstić information content (AvgIpc) is 2.54. The molecule has 2 aromatic heterocycles. The van der Waals surface area contributed by atoms with Crippen LogP contribution in [-0.2, 0) is 6.42 Å². The van der Waals surface area contributed by atoms with Crippen molar-refractivity contribution < 1.29 is 0 Å². The molecular weight excluding hydrogens is 282 g/mol. The van der Waals surface area contributed by atoms with Gasteiger partial charge in [-0.2, -0.15) is 0 Å². The molecule has 0 N–H and O–H groups in total. The maximum Gasteiger partial charge on any atom is 0.160 e. The van der Waals surface area contributed by atoms with E-state index in [-0.39, 0.29) is 0 Å². The number of hydrogen-bond acceptors (Lipinski definition) is 3. The number of fused-ring (bicyclic) bond motifs is 1. The van der Waals surface area contributed by atoms with Crippen LogP contribution in [0.4, 0.5) is 0 Å². The molecule has 3 heteroatoms. The van der Waals surface area contributed by atoms with Crippen molar-refractivity contribution in [3.8, 4) is 11.4 Å². The molecule has 0 fully saturated rings. The Morgan fingerprint density at radius 3 is 2.35 bits per heavy atom. The molecule has 0 saturated carbocycles.